The minimum absolute atomic E-state index is 0.287. The minimum atomic E-state index is 0.287. The molecule has 0 aliphatic heterocycles. The van der Waals surface area contributed by atoms with E-state index in [0.29, 0.717) is 6.54 Å². The zero-order valence-corrected chi connectivity index (χ0v) is 11.9. The van der Waals surface area contributed by atoms with E-state index in [2.05, 4.69) is 38.1 Å². The molecule has 0 aliphatic carbocycles. The average molecular weight is 261 g/mol. The van der Waals surface area contributed by atoms with E-state index in [9.17, 15) is 0 Å². The molecule has 0 fully saturated rings. The molecule has 0 saturated heterocycles. The zero-order valence-electron chi connectivity index (χ0n) is 11.1. The monoisotopic (exact) mass is 261 g/mol. The van der Waals surface area contributed by atoms with Crippen LogP contribution in [0.2, 0.25) is 0 Å². The number of rotatable bonds is 4. The summed E-state index contributed by atoms with van der Waals surface area (Å²) in [5.41, 5.74) is 8.49. The fraction of sp³-hybridized carbons (Fsp3) is 0.333. The van der Waals surface area contributed by atoms with Gasteiger partial charge in [-0.2, -0.15) is 0 Å². The van der Waals surface area contributed by atoms with Gasteiger partial charge in [0.05, 0.1) is 7.11 Å². The molecule has 2 N–H and O–H groups in total. The van der Waals surface area contributed by atoms with Gasteiger partial charge in [0.2, 0.25) is 0 Å². The molecule has 3 heteroatoms. The second-order valence-corrected chi connectivity index (χ2v) is 5.78. The summed E-state index contributed by atoms with van der Waals surface area (Å²) in [5.74, 6) is 1.18. The lowest BCUT2D eigenvalue weighted by atomic mass is 9.93. The summed E-state index contributed by atoms with van der Waals surface area (Å²) < 4.78 is 5.24. The van der Waals surface area contributed by atoms with E-state index in [-0.39, 0.29) is 5.92 Å². The molecule has 0 bridgehead atoms. The van der Waals surface area contributed by atoms with Crippen molar-refractivity contribution in [3.05, 3.63) is 51.2 Å². The number of nitrogens with two attached hydrogens (primary N) is 1. The van der Waals surface area contributed by atoms with Gasteiger partial charge in [0.15, 0.2) is 0 Å². The van der Waals surface area contributed by atoms with Gasteiger partial charge in [0.1, 0.15) is 5.75 Å². The summed E-state index contributed by atoms with van der Waals surface area (Å²) in [5, 5.41) is 0. The predicted octanol–water partition coefficient (Wildman–Crippen LogP) is 3.46. The van der Waals surface area contributed by atoms with Crippen LogP contribution in [-0.2, 0) is 0 Å². The van der Waals surface area contributed by atoms with Gasteiger partial charge in [-0.25, -0.2) is 0 Å². The van der Waals surface area contributed by atoms with Crippen molar-refractivity contribution in [1.29, 1.82) is 0 Å². The van der Waals surface area contributed by atoms with Crippen LogP contribution in [0.1, 0.15) is 26.8 Å². The molecule has 1 unspecified atom stereocenters. The Morgan fingerprint density at radius 2 is 2.00 bits per heavy atom. The molecule has 0 saturated carbocycles. The first-order chi connectivity index (χ1) is 8.65. The maximum Gasteiger partial charge on any atom is 0.119 e. The maximum absolute atomic E-state index is 5.96. The summed E-state index contributed by atoms with van der Waals surface area (Å²) in [6, 6.07) is 10.5. The van der Waals surface area contributed by atoms with Crippen LogP contribution in [-0.4, -0.2) is 13.7 Å². The van der Waals surface area contributed by atoms with Crippen LogP contribution in [0.4, 0.5) is 0 Å². The van der Waals surface area contributed by atoms with Crippen LogP contribution in [0.5, 0.6) is 5.75 Å². The molecular formula is C15H19NOS. The molecule has 0 spiro atoms. The SMILES string of the molecule is COc1ccc(C(CN)c2ccc(C)s2)c(C)c1. The van der Waals surface area contributed by atoms with Gasteiger partial charge in [-0.15, -0.1) is 11.3 Å². The minimum Gasteiger partial charge on any atom is -0.497 e. The highest BCUT2D eigenvalue weighted by Crippen LogP contribution is 2.32. The van der Waals surface area contributed by atoms with Crippen LogP contribution in [0, 0.1) is 13.8 Å². The average Bonchev–Trinajstić information content (AvgIpc) is 2.78. The Morgan fingerprint density at radius 1 is 1.22 bits per heavy atom. The first-order valence-corrected chi connectivity index (χ1v) is 6.88. The van der Waals surface area contributed by atoms with Crippen molar-refractivity contribution in [2.45, 2.75) is 19.8 Å². The van der Waals surface area contributed by atoms with Crippen LogP contribution < -0.4 is 10.5 Å². The summed E-state index contributed by atoms with van der Waals surface area (Å²) in [6.07, 6.45) is 0. The number of thiophene rings is 1. The van der Waals surface area contributed by atoms with Gasteiger partial charge >= 0.3 is 0 Å². The quantitative estimate of drug-likeness (QED) is 0.914. The van der Waals surface area contributed by atoms with Crippen LogP contribution in [0.15, 0.2) is 30.3 Å². The molecule has 2 rings (SSSR count). The highest BCUT2D eigenvalue weighted by molar-refractivity contribution is 7.12. The highest BCUT2D eigenvalue weighted by Gasteiger charge is 2.16. The first-order valence-electron chi connectivity index (χ1n) is 6.06. The Balaban J connectivity index is 2.39. The second kappa shape index (κ2) is 5.55. The molecule has 2 aromatic rings. The molecule has 1 heterocycles. The Hall–Kier alpha value is -1.32. The van der Waals surface area contributed by atoms with Crippen LogP contribution >= 0.6 is 11.3 Å². The van der Waals surface area contributed by atoms with Crippen molar-refractivity contribution in [2.75, 3.05) is 13.7 Å². The van der Waals surface area contributed by atoms with Crippen molar-refractivity contribution in [2.24, 2.45) is 5.73 Å². The third-order valence-electron chi connectivity index (χ3n) is 3.19. The lowest BCUT2D eigenvalue weighted by Gasteiger charge is -2.17. The maximum atomic E-state index is 5.96. The molecule has 2 nitrogen and oxygen atoms in total. The zero-order chi connectivity index (χ0) is 13.1. The topological polar surface area (TPSA) is 35.2 Å². The summed E-state index contributed by atoms with van der Waals surface area (Å²) in [6.45, 7) is 4.87. The summed E-state index contributed by atoms with van der Waals surface area (Å²) in [4.78, 5) is 2.66. The molecule has 1 aromatic carbocycles. The molecule has 96 valence electrons. The van der Waals surface area contributed by atoms with Gasteiger partial charge in [-0.1, -0.05) is 6.07 Å². The van der Waals surface area contributed by atoms with Crippen molar-refractivity contribution < 1.29 is 4.74 Å². The predicted molar refractivity (Wildman–Crippen MR) is 77.7 cm³/mol. The Bertz CT molecular complexity index is 533. The molecule has 1 aromatic heterocycles. The number of methoxy groups -OCH3 is 1. The summed E-state index contributed by atoms with van der Waals surface area (Å²) >= 11 is 1.82. The van der Waals surface area contributed by atoms with Gasteiger partial charge in [-0.05, 0) is 49.2 Å². The standard InChI is InChI=1S/C15H19NOS/c1-10-8-12(17-3)5-6-13(10)14(9-16)15-7-4-11(2)18-15/h4-8,14H,9,16H2,1-3H3. The Morgan fingerprint density at radius 3 is 2.50 bits per heavy atom. The highest BCUT2D eigenvalue weighted by atomic mass is 32.1. The first kappa shape index (κ1) is 13.1. The van der Waals surface area contributed by atoms with Gasteiger partial charge in [0.25, 0.3) is 0 Å². The molecule has 18 heavy (non-hydrogen) atoms. The third kappa shape index (κ3) is 2.57. The number of aryl methyl sites for hydroxylation is 2. The van der Waals surface area contributed by atoms with Gasteiger partial charge < -0.3 is 10.5 Å². The number of hydrogen-bond donors (Lipinski definition) is 1. The van der Waals surface area contributed by atoms with E-state index in [0.717, 1.165) is 5.75 Å². The van der Waals surface area contributed by atoms with Gasteiger partial charge in [-0.3, -0.25) is 0 Å². The molecular weight excluding hydrogens is 242 g/mol. The number of ether oxygens (including phenoxy) is 1. The van der Waals surface area contributed by atoms with E-state index in [1.165, 1.54) is 20.9 Å². The van der Waals surface area contributed by atoms with E-state index >= 15 is 0 Å². The van der Waals surface area contributed by atoms with Crippen LogP contribution in [0.3, 0.4) is 0 Å². The fourth-order valence-corrected chi connectivity index (χ4v) is 3.21. The molecule has 0 radical (unpaired) electrons. The number of benzene rings is 1. The smallest absolute Gasteiger partial charge is 0.119 e. The summed E-state index contributed by atoms with van der Waals surface area (Å²) in [7, 11) is 1.69. The van der Waals surface area contributed by atoms with E-state index in [1.807, 2.05) is 17.4 Å². The van der Waals surface area contributed by atoms with Crippen molar-refractivity contribution in [3.8, 4) is 5.75 Å². The fourth-order valence-electron chi connectivity index (χ4n) is 2.20. The Labute approximate surface area is 112 Å². The van der Waals surface area contributed by atoms with Crippen molar-refractivity contribution in [3.63, 3.8) is 0 Å². The largest absolute Gasteiger partial charge is 0.497 e. The van der Waals surface area contributed by atoms with E-state index in [4.69, 9.17) is 10.5 Å². The third-order valence-corrected chi connectivity index (χ3v) is 4.31. The van der Waals surface area contributed by atoms with Crippen molar-refractivity contribution >= 4 is 11.3 Å². The lowest BCUT2D eigenvalue weighted by Crippen LogP contribution is -2.13. The Kier molecular flexibility index (Phi) is 4.04. The van der Waals surface area contributed by atoms with E-state index in [1.54, 1.807) is 7.11 Å². The second-order valence-electron chi connectivity index (χ2n) is 4.46. The van der Waals surface area contributed by atoms with Crippen LogP contribution in [0.25, 0.3) is 0 Å². The molecule has 1 atom stereocenters. The molecule has 0 aliphatic rings. The lowest BCUT2D eigenvalue weighted by molar-refractivity contribution is 0.414. The van der Waals surface area contributed by atoms with Crippen molar-refractivity contribution in [1.82, 2.24) is 0 Å². The normalized spacial score (nSPS) is 12.4. The van der Waals surface area contributed by atoms with E-state index < -0.39 is 0 Å². The molecule has 0 amide bonds. The van der Waals surface area contributed by atoms with Gasteiger partial charge in [0, 0.05) is 22.2 Å². The number of hydrogen-bond acceptors (Lipinski definition) is 3.